The Balaban J connectivity index is 1.99. The van der Waals surface area contributed by atoms with Gasteiger partial charge >= 0.3 is 0 Å². The van der Waals surface area contributed by atoms with Gasteiger partial charge < -0.3 is 19.7 Å². The van der Waals surface area contributed by atoms with E-state index < -0.39 is 5.54 Å². The average molecular weight is 292 g/mol. The third-order valence-corrected chi connectivity index (χ3v) is 3.57. The Kier molecular flexibility index (Phi) is 4.35. The number of hydrogen-bond donors (Lipinski definition) is 1. The van der Waals surface area contributed by atoms with E-state index in [0.717, 1.165) is 0 Å². The van der Waals surface area contributed by atoms with Gasteiger partial charge in [0.05, 0.1) is 20.2 Å². The largest absolute Gasteiger partial charge is 0.493 e. The van der Waals surface area contributed by atoms with Crippen molar-refractivity contribution in [1.82, 2.24) is 10.2 Å². The summed E-state index contributed by atoms with van der Waals surface area (Å²) in [6.45, 7) is 4.13. The lowest BCUT2D eigenvalue weighted by molar-refractivity contribution is -0.151. The summed E-state index contributed by atoms with van der Waals surface area (Å²) in [7, 11) is 1.57. The molecule has 1 heterocycles. The summed E-state index contributed by atoms with van der Waals surface area (Å²) in [4.78, 5) is 25.3. The van der Waals surface area contributed by atoms with Crippen LogP contribution < -0.4 is 14.8 Å². The molecule has 0 aromatic heterocycles. The van der Waals surface area contributed by atoms with Crippen LogP contribution >= 0.6 is 0 Å². The zero-order valence-corrected chi connectivity index (χ0v) is 12.5. The van der Waals surface area contributed by atoms with E-state index in [4.69, 9.17) is 9.47 Å². The summed E-state index contributed by atoms with van der Waals surface area (Å²) in [5.41, 5.74) is -0.862. The van der Waals surface area contributed by atoms with Crippen LogP contribution in [0.25, 0.3) is 0 Å². The first-order chi connectivity index (χ1) is 9.96. The van der Waals surface area contributed by atoms with Gasteiger partial charge in [-0.2, -0.15) is 0 Å². The minimum atomic E-state index is -0.862. The van der Waals surface area contributed by atoms with Gasteiger partial charge in [0, 0.05) is 0 Å². The van der Waals surface area contributed by atoms with Crippen LogP contribution in [0.5, 0.6) is 11.5 Å². The van der Waals surface area contributed by atoms with E-state index in [-0.39, 0.29) is 18.4 Å². The number of carbonyl (C=O) groups is 2. The highest BCUT2D eigenvalue weighted by atomic mass is 16.5. The Labute approximate surface area is 124 Å². The third-order valence-electron chi connectivity index (χ3n) is 3.57. The number of rotatable bonds is 5. The first-order valence-corrected chi connectivity index (χ1v) is 6.81. The number of benzene rings is 1. The van der Waals surface area contributed by atoms with E-state index in [0.29, 0.717) is 24.7 Å². The predicted octanol–water partition coefficient (Wildman–Crippen LogP) is 0.811. The molecule has 6 nitrogen and oxygen atoms in total. The number of methoxy groups -OCH3 is 1. The van der Waals surface area contributed by atoms with Crippen molar-refractivity contribution < 1.29 is 19.1 Å². The zero-order chi connectivity index (χ0) is 15.5. The Bertz CT molecular complexity index is 542. The van der Waals surface area contributed by atoms with Gasteiger partial charge in [-0.15, -0.1) is 0 Å². The second-order valence-corrected chi connectivity index (χ2v) is 5.29. The van der Waals surface area contributed by atoms with Crippen molar-refractivity contribution in [2.75, 3.05) is 26.8 Å². The number of amides is 2. The number of hydrogen-bond acceptors (Lipinski definition) is 4. The minimum Gasteiger partial charge on any atom is -0.493 e. The lowest BCUT2D eigenvalue weighted by Gasteiger charge is -2.40. The van der Waals surface area contributed by atoms with Crippen LogP contribution in [0.4, 0.5) is 0 Å². The van der Waals surface area contributed by atoms with Gasteiger partial charge in [0.15, 0.2) is 11.5 Å². The summed E-state index contributed by atoms with van der Waals surface area (Å²) in [5, 5.41) is 2.59. The standard InChI is InChI=1S/C15H20N2O4/c1-15(2)14(19)16-10-13(18)17(15)8-9-21-12-7-5-4-6-11(12)20-3/h4-7H,8-10H2,1-3H3,(H,16,19). The van der Waals surface area contributed by atoms with E-state index in [1.165, 1.54) is 0 Å². The van der Waals surface area contributed by atoms with Crippen molar-refractivity contribution in [3.63, 3.8) is 0 Å². The average Bonchev–Trinajstić information content (AvgIpc) is 2.47. The molecule has 1 N–H and O–H groups in total. The lowest BCUT2D eigenvalue weighted by Crippen LogP contribution is -2.64. The first kappa shape index (κ1) is 15.2. The Morgan fingerprint density at radius 3 is 2.57 bits per heavy atom. The second-order valence-electron chi connectivity index (χ2n) is 5.29. The molecule has 0 bridgehead atoms. The summed E-state index contributed by atoms with van der Waals surface area (Å²) in [6.07, 6.45) is 0. The van der Waals surface area contributed by atoms with Crippen molar-refractivity contribution in [2.45, 2.75) is 19.4 Å². The quantitative estimate of drug-likeness (QED) is 0.872. The number of nitrogens with one attached hydrogen (secondary N) is 1. The fraction of sp³-hybridized carbons (Fsp3) is 0.467. The van der Waals surface area contributed by atoms with E-state index in [1.807, 2.05) is 12.1 Å². The van der Waals surface area contributed by atoms with Gasteiger partial charge in [0.1, 0.15) is 12.1 Å². The molecular weight excluding hydrogens is 272 g/mol. The van der Waals surface area contributed by atoms with Crippen LogP contribution in [0.1, 0.15) is 13.8 Å². The predicted molar refractivity (Wildman–Crippen MR) is 77.3 cm³/mol. The summed E-state index contributed by atoms with van der Waals surface area (Å²) in [6, 6.07) is 7.31. The van der Waals surface area contributed by atoms with Crippen LogP contribution in [0.15, 0.2) is 24.3 Å². The summed E-state index contributed by atoms with van der Waals surface area (Å²) < 4.78 is 10.9. The topological polar surface area (TPSA) is 67.9 Å². The SMILES string of the molecule is COc1ccccc1OCCN1C(=O)CNC(=O)C1(C)C. The molecule has 1 aliphatic heterocycles. The van der Waals surface area contributed by atoms with Gasteiger partial charge in [0.2, 0.25) is 11.8 Å². The highest BCUT2D eigenvalue weighted by Crippen LogP contribution is 2.26. The van der Waals surface area contributed by atoms with Gasteiger partial charge in [-0.05, 0) is 26.0 Å². The fourth-order valence-electron chi connectivity index (χ4n) is 2.29. The van der Waals surface area contributed by atoms with Crippen molar-refractivity contribution in [1.29, 1.82) is 0 Å². The molecule has 1 aromatic carbocycles. The van der Waals surface area contributed by atoms with E-state index in [2.05, 4.69) is 5.32 Å². The van der Waals surface area contributed by atoms with E-state index in [9.17, 15) is 9.59 Å². The molecule has 2 rings (SSSR count). The van der Waals surface area contributed by atoms with Crippen LogP contribution in [0.2, 0.25) is 0 Å². The van der Waals surface area contributed by atoms with Crippen molar-refractivity contribution >= 4 is 11.8 Å². The monoisotopic (exact) mass is 292 g/mol. The number of piperazine rings is 1. The van der Waals surface area contributed by atoms with Crippen LogP contribution in [-0.2, 0) is 9.59 Å². The molecule has 2 amide bonds. The van der Waals surface area contributed by atoms with E-state index in [1.54, 1.807) is 38.0 Å². The molecule has 6 heteroatoms. The number of carbonyl (C=O) groups excluding carboxylic acids is 2. The van der Waals surface area contributed by atoms with Crippen molar-refractivity contribution in [3.05, 3.63) is 24.3 Å². The molecule has 1 aromatic rings. The van der Waals surface area contributed by atoms with Crippen LogP contribution in [0, 0.1) is 0 Å². The molecule has 0 spiro atoms. The molecule has 0 radical (unpaired) electrons. The minimum absolute atomic E-state index is 0.0386. The third kappa shape index (κ3) is 3.09. The number of nitrogens with zero attached hydrogens (tertiary/aromatic N) is 1. The van der Waals surface area contributed by atoms with E-state index >= 15 is 0 Å². The van der Waals surface area contributed by atoms with Crippen molar-refractivity contribution in [2.24, 2.45) is 0 Å². The second kappa shape index (κ2) is 6.03. The van der Waals surface area contributed by atoms with Crippen molar-refractivity contribution in [3.8, 4) is 11.5 Å². The van der Waals surface area contributed by atoms with Crippen LogP contribution in [-0.4, -0.2) is 49.1 Å². The molecule has 114 valence electrons. The smallest absolute Gasteiger partial charge is 0.245 e. The lowest BCUT2D eigenvalue weighted by atomic mass is 9.99. The highest BCUT2D eigenvalue weighted by molar-refractivity contribution is 5.97. The fourth-order valence-corrected chi connectivity index (χ4v) is 2.29. The van der Waals surface area contributed by atoms with Gasteiger partial charge in [0.25, 0.3) is 0 Å². The Morgan fingerprint density at radius 2 is 1.90 bits per heavy atom. The zero-order valence-electron chi connectivity index (χ0n) is 12.5. The van der Waals surface area contributed by atoms with Gasteiger partial charge in [-0.25, -0.2) is 0 Å². The summed E-state index contributed by atoms with van der Waals surface area (Å²) >= 11 is 0. The number of ether oxygens (including phenoxy) is 2. The molecule has 0 atom stereocenters. The molecule has 0 aliphatic carbocycles. The molecule has 1 fully saturated rings. The van der Waals surface area contributed by atoms with Crippen LogP contribution in [0.3, 0.4) is 0 Å². The van der Waals surface area contributed by atoms with Gasteiger partial charge in [-0.3, -0.25) is 9.59 Å². The molecule has 0 saturated carbocycles. The maximum absolute atomic E-state index is 12.0. The maximum Gasteiger partial charge on any atom is 0.245 e. The Morgan fingerprint density at radius 1 is 1.24 bits per heavy atom. The normalized spacial score (nSPS) is 17.4. The Hall–Kier alpha value is -2.24. The van der Waals surface area contributed by atoms with Gasteiger partial charge in [-0.1, -0.05) is 12.1 Å². The molecule has 1 saturated heterocycles. The summed E-state index contributed by atoms with van der Waals surface area (Å²) in [5.74, 6) is 0.994. The molecule has 1 aliphatic rings. The number of para-hydroxylation sites is 2. The molecule has 21 heavy (non-hydrogen) atoms. The molecular formula is C15H20N2O4. The first-order valence-electron chi connectivity index (χ1n) is 6.81. The maximum atomic E-state index is 12.0. The highest BCUT2D eigenvalue weighted by Gasteiger charge is 2.41. The molecule has 0 unspecified atom stereocenters.